The standard InChI is InChI=1S/C36H20F4N6/c1-18-3-7-25(22(11-18)15-37)21-5-9-27-29(14-21)31(44-17-42)35-33(27)46-34-30(43-16-41)28-13-20(4-8-26(28)32(34)45-35)24-10-6-23(12-19(24)2)36(38,39)40/h3-14H,15H2,1-2H3/b43-30+,44-31+. The van der Waals surface area contributed by atoms with E-state index in [4.69, 9.17) is 9.97 Å². The first kappa shape index (κ1) is 28.8. The number of aromatic nitrogens is 2. The zero-order valence-electron chi connectivity index (χ0n) is 24.3. The molecule has 0 bridgehead atoms. The maximum atomic E-state index is 13.9. The van der Waals surface area contributed by atoms with Crippen LogP contribution in [0.1, 0.15) is 22.3 Å². The average Bonchev–Trinajstić information content (AvgIpc) is 3.50. The first-order chi connectivity index (χ1) is 22.1. The van der Waals surface area contributed by atoms with Gasteiger partial charge in [-0.05, 0) is 71.5 Å². The summed E-state index contributed by atoms with van der Waals surface area (Å²) in [7, 11) is 0. The summed E-state index contributed by atoms with van der Waals surface area (Å²) in [5.41, 5.74) is 5.56. The van der Waals surface area contributed by atoms with Crippen LogP contribution >= 0.6 is 0 Å². The maximum absolute atomic E-state index is 13.9. The van der Waals surface area contributed by atoms with Crippen LogP contribution in [0.15, 0.2) is 82.8 Å². The van der Waals surface area contributed by atoms with Crippen molar-refractivity contribution in [1.29, 1.82) is 10.5 Å². The molecule has 0 radical (unpaired) electrons. The molecule has 0 fully saturated rings. The molecule has 6 aromatic carbocycles. The van der Waals surface area contributed by atoms with Crippen LogP contribution in [0.2, 0.25) is 0 Å². The minimum Gasteiger partial charge on any atom is -0.246 e. The van der Waals surface area contributed by atoms with Crippen LogP contribution in [0.4, 0.5) is 17.6 Å². The normalized spacial score (nSPS) is 12.9. The third-order valence-corrected chi connectivity index (χ3v) is 8.31. The van der Waals surface area contributed by atoms with E-state index in [9.17, 15) is 28.1 Å². The Morgan fingerprint density at radius 3 is 1.70 bits per heavy atom. The van der Waals surface area contributed by atoms with E-state index >= 15 is 0 Å². The fourth-order valence-corrected chi connectivity index (χ4v) is 6.23. The molecule has 7 aromatic rings. The summed E-state index contributed by atoms with van der Waals surface area (Å²) in [6.07, 6.45) is -0.755. The van der Waals surface area contributed by atoms with Crippen molar-refractivity contribution in [2.24, 2.45) is 9.98 Å². The smallest absolute Gasteiger partial charge is 0.246 e. The average molecular weight is 613 g/mol. The summed E-state index contributed by atoms with van der Waals surface area (Å²) in [5.74, 6) is 0. The van der Waals surface area contributed by atoms with E-state index < -0.39 is 18.4 Å². The monoisotopic (exact) mass is 612 g/mol. The van der Waals surface area contributed by atoms with Gasteiger partial charge in [0.05, 0.1) is 16.6 Å². The fourth-order valence-electron chi connectivity index (χ4n) is 6.23. The Kier molecular flexibility index (Phi) is 6.61. The molecule has 222 valence electrons. The highest BCUT2D eigenvalue weighted by molar-refractivity contribution is 6.15. The number of aryl methyl sites for hydroxylation is 2. The lowest BCUT2D eigenvalue weighted by Gasteiger charge is -2.11. The number of fused-ring (bicyclic) bond motifs is 6. The number of hydrogen-bond acceptors (Lipinski definition) is 6. The molecule has 1 aromatic heterocycles. The van der Waals surface area contributed by atoms with E-state index in [0.717, 1.165) is 28.8 Å². The number of hydrogen-bond donors (Lipinski definition) is 0. The van der Waals surface area contributed by atoms with Crippen LogP contribution in [-0.4, -0.2) is 9.97 Å². The Morgan fingerprint density at radius 2 is 1.20 bits per heavy atom. The van der Waals surface area contributed by atoms with E-state index in [1.54, 1.807) is 31.2 Å². The van der Waals surface area contributed by atoms with E-state index in [1.807, 2.05) is 49.6 Å². The SMILES string of the molecule is Cc1ccc(-c2ccc3c(c2)/c(=N\C#N)c2nc4c(nc23)/c(=N/C#N)c2cc(-c3ccc(C(F)(F)F)cc3C)ccc24)c(CF)c1. The van der Waals surface area contributed by atoms with Gasteiger partial charge in [-0.3, -0.25) is 0 Å². The third kappa shape index (κ3) is 4.46. The molecule has 0 saturated heterocycles. The summed E-state index contributed by atoms with van der Waals surface area (Å²) >= 11 is 0. The van der Waals surface area contributed by atoms with Crippen LogP contribution in [0.3, 0.4) is 0 Å². The molecule has 10 heteroatoms. The highest BCUT2D eigenvalue weighted by Gasteiger charge is 2.30. The van der Waals surface area contributed by atoms with Gasteiger partial charge < -0.3 is 0 Å². The van der Waals surface area contributed by atoms with Gasteiger partial charge in [0, 0.05) is 21.5 Å². The zero-order chi connectivity index (χ0) is 32.3. The number of rotatable bonds is 3. The molecule has 0 amide bonds. The summed E-state index contributed by atoms with van der Waals surface area (Å²) < 4.78 is 53.8. The Labute approximate surface area is 258 Å². The third-order valence-electron chi connectivity index (χ3n) is 8.31. The van der Waals surface area contributed by atoms with Crippen molar-refractivity contribution < 1.29 is 17.6 Å². The van der Waals surface area contributed by atoms with Crippen molar-refractivity contribution >= 4 is 43.6 Å². The molecule has 0 aliphatic rings. The van der Waals surface area contributed by atoms with Crippen LogP contribution in [0.25, 0.3) is 65.9 Å². The van der Waals surface area contributed by atoms with Crippen molar-refractivity contribution in [2.75, 3.05) is 0 Å². The van der Waals surface area contributed by atoms with Gasteiger partial charge in [-0.1, -0.05) is 54.1 Å². The van der Waals surface area contributed by atoms with E-state index in [2.05, 4.69) is 9.98 Å². The molecule has 0 aliphatic heterocycles. The van der Waals surface area contributed by atoms with Gasteiger partial charge in [-0.2, -0.15) is 33.7 Å². The van der Waals surface area contributed by atoms with Gasteiger partial charge in [0.15, 0.2) is 0 Å². The lowest BCUT2D eigenvalue weighted by atomic mass is 9.97. The number of benzene rings is 4. The summed E-state index contributed by atoms with van der Waals surface area (Å²) in [6, 6.07) is 20.0. The Morgan fingerprint density at radius 1 is 0.652 bits per heavy atom. The first-order valence-corrected chi connectivity index (χ1v) is 14.1. The zero-order valence-corrected chi connectivity index (χ0v) is 24.3. The van der Waals surface area contributed by atoms with Gasteiger partial charge in [0.25, 0.3) is 0 Å². The molecule has 0 spiro atoms. The molecule has 1 heterocycles. The molecule has 0 aliphatic carbocycles. The van der Waals surface area contributed by atoms with Crippen molar-refractivity contribution in [3.8, 4) is 34.6 Å². The maximum Gasteiger partial charge on any atom is 0.416 e. The first-order valence-electron chi connectivity index (χ1n) is 14.1. The van der Waals surface area contributed by atoms with Gasteiger partial charge in [0.1, 0.15) is 28.4 Å². The Balaban J connectivity index is 1.49. The van der Waals surface area contributed by atoms with Gasteiger partial charge >= 0.3 is 6.18 Å². The van der Waals surface area contributed by atoms with Gasteiger partial charge in [0.2, 0.25) is 12.4 Å². The molecule has 0 saturated carbocycles. The lowest BCUT2D eigenvalue weighted by Crippen LogP contribution is -2.05. The summed E-state index contributed by atoms with van der Waals surface area (Å²) in [5, 5.41) is 22.3. The second-order valence-electron chi connectivity index (χ2n) is 11.1. The predicted molar refractivity (Wildman–Crippen MR) is 167 cm³/mol. The van der Waals surface area contributed by atoms with Gasteiger partial charge in [-0.15, -0.1) is 0 Å². The molecule has 0 atom stereocenters. The molecule has 46 heavy (non-hydrogen) atoms. The molecular formula is C36H20F4N6. The Bertz CT molecular complexity index is 2610. The second kappa shape index (κ2) is 10.6. The highest BCUT2D eigenvalue weighted by Crippen LogP contribution is 2.36. The molecule has 7 rings (SSSR count). The number of alkyl halides is 4. The molecule has 6 nitrogen and oxygen atoms in total. The van der Waals surface area contributed by atoms with Crippen molar-refractivity contribution in [1.82, 2.24) is 9.97 Å². The largest absolute Gasteiger partial charge is 0.416 e. The quantitative estimate of drug-likeness (QED) is 0.148. The second-order valence-corrected chi connectivity index (χ2v) is 11.1. The molecule has 0 N–H and O–H groups in total. The number of nitriles is 2. The summed E-state index contributed by atoms with van der Waals surface area (Å²) in [6.45, 7) is 2.87. The lowest BCUT2D eigenvalue weighted by molar-refractivity contribution is -0.137. The van der Waals surface area contributed by atoms with Crippen LogP contribution in [0, 0.1) is 36.8 Å². The van der Waals surface area contributed by atoms with Crippen LogP contribution in [-0.2, 0) is 12.9 Å². The topological polar surface area (TPSA) is 98.1 Å². The van der Waals surface area contributed by atoms with E-state index in [1.165, 1.54) is 6.07 Å². The minimum absolute atomic E-state index is 0.283. The number of nitrogens with zero attached hydrogens (tertiary/aromatic N) is 6. The van der Waals surface area contributed by atoms with Gasteiger partial charge in [-0.25, -0.2) is 14.4 Å². The van der Waals surface area contributed by atoms with E-state index in [-0.39, 0.29) is 5.36 Å². The Hall–Kier alpha value is -6.00. The van der Waals surface area contributed by atoms with E-state index in [0.29, 0.717) is 71.2 Å². The van der Waals surface area contributed by atoms with Crippen LogP contribution < -0.4 is 10.7 Å². The van der Waals surface area contributed by atoms with Crippen molar-refractivity contribution in [3.63, 3.8) is 0 Å². The number of halogens is 4. The fraction of sp³-hybridized carbons (Fsp3) is 0.111. The molecule has 0 unspecified atom stereocenters. The molecular weight excluding hydrogens is 592 g/mol. The van der Waals surface area contributed by atoms with Crippen molar-refractivity contribution in [3.05, 3.63) is 106 Å². The highest BCUT2D eigenvalue weighted by atomic mass is 19.4. The predicted octanol–water partition coefficient (Wildman–Crippen LogP) is 8.17. The summed E-state index contributed by atoms with van der Waals surface area (Å²) in [4.78, 5) is 18.0. The van der Waals surface area contributed by atoms with Crippen LogP contribution in [0.5, 0.6) is 0 Å². The minimum atomic E-state index is -4.46. The van der Waals surface area contributed by atoms with Crippen molar-refractivity contribution in [2.45, 2.75) is 26.7 Å².